The van der Waals surface area contributed by atoms with Gasteiger partial charge in [-0.3, -0.25) is 0 Å². The fraction of sp³-hybridized carbons (Fsp3) is 1.00. The molecule has 0 saturated carbocycles. The lowest BCUT2D eigenvalue weighted by Crippen LogP contribution is -2.30. The van der Waals surface area contributed by atoms with Crippen LogP contribution in [0.3, 0.4) is 0 Å². The van der Waals surface area contributed by atoms with Crippen LogP contribution in [-0.4, -0.2) is 34.6 Å². The van der Waals surface area contributed by atoms with Crippen molar-refractivity contribution >= 4 is 0 Å². The van der Waals surface area contributed by atoms with Crippen molar-refractivity contribution in [3.05, 3.63) is 0 Å². The van der Waals surface area contributed by atoms with Crippen LogP contribution in [0, 0.1) is 0 Å². The molecule has 0 radical (unpaired) electrons. The number of aliphatic hydroxyl groups excluding tert-OH is 2. The van der Waals surface area contributed by atoms with E-state index >= 15 is 0 Å². The molecule has 3 nitrogen and oxygen atoms in total. The zero-order chi connectivity index (χ0) is 9.84. The molecule has 4 atom stereocenters. The fourth-order valence-electron chi connectivity index (χ4n) is 1.78. The van der Waals surface area contributed by atoms with Crippen LogP contribution in [0.5, 0.6) is 0 Å². The Morgan fingerprint density at radius 1 is 1.08 bits per heavy atom. The van der Waals surface area contributed by atoms with Crippen LogP contribution in [0.2, 0.25) is 0 Å². The van der Waals surface area contributed by atoms with Gasteiger partial charge >= 0.3 is 0 Å². The van der Waals surface area contributed by atoms with E-state index in [9.17, 15) is 10.2 Å². The van der Waals surface area contributed by atoms with Gasteiger partial charge in [-0.1, -0.05) is 13.8 Å². The van der Waals surface area contributed by atoms with Gasteiger partial charge in [0.25, 0.3) is 0 Å². The Morgan fingerprint density at radius 2 is 1.46 bits per heavy atom. The number of aliphatic hydroxyl groups is 2. The molecule has 1 aliphatic rings. The van der Waals surface area contributed by atoms with Crippen molar-refractivity contribution in [3.8, 4) is 0 Å². The molecule has 0 bridgehead atoms. The van der Waals surface area contributed by atoms with Crippen LogP contribution in [0.15, 0.2) is 0 Å². The van der Waals surface area contributed by atoms with Crippen LogP contribution in [0.1, 0.15) is 39.5 Å². The summed E-state index contributed by atoms with van der Waals surface area (Å²) in [5, 5.41) is 19.0. The van der Waals surface area contributed by atoms with Crippen molar-refractivity contribution in [2.75, 3.05) is 0 Å². The lowest BCUT2D eigenvalue weighted by atomic mass is 10.1. The van der Waals surface area contributed by atoms with Gasteiger partial charge in [0.05, 0.1) is 24.4 Å². The highest BCUT2D eigenvalue weighted by molar-refractivity contribution is 4.82. The molecule has 2 N–H and O–H groups in total. The van der Waals surface area contributed by atoms with Crippen LogP contribution < -0.4 is 0 Å². The Bertz CT molecular complexity index is 133. The first-order valence-corrected chi connectivity index (χ1v) is 5.20. The van der Waals surface area contributed by atoms with Crippen molar-refractivity contribution in [1.29, 1.82) is 0 Å². The lowest BCUT2D eigenvalue weighted by molar-refractivity contribution is -0.0756. The van der Waals surface area contributed by atoms with Gasteiger partial charge in [0, 0.05) is 0 Å². The minimum Gasteiger partial charge on any atom is -0.390 e. The number of hydrogen-bond acceptors (Lipinski definition) is 3. The number of ether oxygens (including phenoxy) is 1. The van der Waals surface area contributed by atoms with Gasteiger partial charge in [0.2, 0.25) is 0 Å². The highest BCUT2D eigenvalue weighted by Crippen LogP contribution is 2.26. The molecule has 0 amide bonds. The first-order chi connectivity index (χ1) is 6.19. The molecular weight excluding hydrogens is 168 g/mol. The van der Waals surface area contributed by atoms with Gasteiger partial charge in [0.15, 0.2) is 0 Å². The average molecular weight is 188 g/mol. The van der Waals surface area contributed by atoms with Crippen LogP contribution >= 0.6 is 0 Å². The maximum absolute atomic E-state index is 9.52. The monoisotopic (exact) mass is 188 g/mol. The minimum absolute atomic E-state index is 0.0591. The molecule has 0 aliphatic carbocycles. The largest absolute Gasteiger partial charge is 0.390 e. The van der Waals surface area contributed by atoms with Crippen molar-refractivity contribution in [3.63, 3.8) is 0 Å². The predicted octanol–water partition coefficient (Wildman–Crippen LogP) is 1.08. The molecule has 13 heavy (non-hydrogen) atoms. The summed E-state index contributed by atoms with van der Waals surface area (Å²) >= 11 is 0. The molecule has 0 spiro atoms. The first kappa shape index (κ1) is 11.0. The van der Waals surface area contributed by atoms with Crippen molar-refractivity contribution in [2.24, 2.45) is 0 Å². The molecule has 1 fully saturated rings. The average Bonchev–Trinajstić information content (AvgIpc) is 2.64. The normalized spacial score (nSPS) is 33.2. The molecule has 1 saturated heterocycles. The third-order valence-electron chi connectivity index (χ3n) is 2.78. The van der Waals surface area contributed by atoms with E-state index in [1.807, 2.05) is 13.8 Å². The van der Waals surface area contributed by atoms with E-state index in [1.165, 1.54) is 0 Å². The molecule has 0 aromatic carbocycles. The van der Waals surface area contributed by atoms with Crippen molar-refractivity contribution in [1.82, 2.24) is 0 Å². The molecule has 78 valence electrons. The van der Waals surface area contributed by atoms with Gasteiger partial charge in [0.1, 0.15) is 0 Å². The van der Waals surface area contributed by atoms with Crippen LogP contribution in [0.25, 0.3) is 0 Å². The maximum atomic E-state index is 9.52. The molecule has 3 heteroatoms. The summed E-state index contributed by atoms with van der Waals surface area (Å²) < 4.78 is 5.57. The highest BCUT2D eigenvalue weighted by atomic mass is 16.5. The maximum Gasteiger partial charge on any atom is 0.0839 e. The number of rotatable bonds is 4. The van der Waals surface area contributed by atoms with Gasteiger partial charge in [-0.25, -0.2) is 0 Å². The van der Waals surface area contributed by atoms with E-state index in [0.29, 0.717) is 0 Å². The minimum atomic E-state index is -0.367. The summed E-state index contributed by atoms with van der Waals surface area (Å²) in [4.78, 5) is 0. The Kier molecular flexibility index (Phi) is 4.16. The smallest absolute Gasteiger partial charge is 0.0839 e. The summed E-state index contributed by atoms with van der Waals surface area (Å²) in [5.74, 6) is 0. The van der Waals surface area contributed by atoms with Crippen molar-refractivity contribution < 1.29 is 14.9 Å². The highest BCUT2D eigenvalue weighted by Gasteiger charge is 2.32. The van der Waals surface area contributed by atoms with Crippen molar-refractivity contribution in [2.45, 2.75) is 63.9 Å². The summed E-state index contributed by atoms with van der Waals surface area (Å²) in [6.45, 7) is 3.88. The Balaban J connectivity index is 2.35. The van der Waals surface area contributed by atoms with Gasteiger partial charge in [-0.2, -0.15) is 0 Å². The molecule has 0 aromatic heterocycles. The third-order valence-corrected chi connectivity index (χ3v) is 2.78. The zero-order valence-electron chi connectivity index (χ0n) is 8.44. The quantitative estimate of drug-likeness (QED) is 0.694. The van der Waals surface area contributed by atoms with E-state index in [0.717, 1.165) is 25.7 Å². The molecule has 2 unspecified atom stereocenters. The molecule has 1 rings (SSSR count). The Labute approximate surface area is 79.7 Å². The summed E-state index contributed by atoms with van der Waals surface area (Å²) in [6, 6.07) is 0. The van der Waals surface area contributed by atoms with Gasteiger partial charge in [-0.15, -0.1) is 0 Å². The summed E-state index contributed by atoms with van der Waals surface area (Å²) in [6.07, 6.45) is 2.34. The summed E-state index contributed by atoms with van der Waals surface area (Å²) in [7, 11) is 0. The fourth-order valence-corrected chi connectivity index (χ4v) is 1.78. The van der Waals surface area contributed by atoms with E-state index in [-0.39, 0.29) is 24.4 Å². The zero-order valence-corrected chi connectivity index (χ0v) is 8.44. The topological polar surface area (TPSA) is 49.7 Å². The van der Waals surface area contributed by atoms with Crippen LogP contribution in [0.4, 0.5) is 0 Å². The Morgan fingerprint density at radius 3 is 1.77 bits per heavy atom. The molecule has 0 aromatic rings. The van der Waals surface area contributed by atoms with Gasteiger partial charge < -0.3 is 14.9 Å². The summed E-state index contributed by atoms with van der Waals surface area (Å²) in [5.41, 5.74) is 0. The van der Waals surface area contributed by atoms with E-state index in [1.54, 1.807) is 0 Å². The molecule has 1 heterocycles. The second kappa shape index (κ2) is 4.94. The first-order valence-electron chi connectivity index (χ1n) is 5.20. The predicted molar refractivity (Wildman–Crippen MR) is 50.5 cm³/mol. The molecular formula is C10H20O3. The number of hydrogen-bond donors (Lipinski definition) is 2. The van der Waals surface area contributed by atoms with E-state index < -0.39 is 0 Å². The second-order valence-corrected chi connectivity index (χ2v) is 3.74. The standard InChI is InChI=1S/C10H20O3/c1-3-7(11)9-5-6-10(13-9)8(12)4-2/h7-12H,3-6H2,1-2H3/t7?,8?,9-,10+. The second-order valence-electron chi connectivity index (χ2n) is 3.74. The Hall–Kier alpha value is -0.120. The van der Waals surface area contributed by atoms with Crippen LogP contribution in [-0.2, 0) is 4.74 Å². The van der Waals surface area contributed by atoms with Gasteiger partial charge in [-0.05, 0) is 25.7 Å². The lowest BCUT2D eigenvalue weighted by Gasteiger charge is -2.20. The molecule has 1 aliphatic heterocycles. The SMILES string of the molecule is CCC(O)[C@@H]1CC[C@H](C(O)CC)O1. The van der Waals surface area contributed by atoms with E-state index in [2.05, 4.69) is 0 Å². The third kappa shape index (κ3) is 2.66. The van der Waals surface area contributed by atoms with E-state index in [4.69, 9.17) is 4.74 Å².